The zero-order chi connectivity index (χ0) is 15.6. The van der Waals surface area contributed by atoms with Crippen LogP contribution in [0.1, 0.15) is 86.8 Å². The number of rotatable bonds is 0. The molecule has 1 aromatic carbocycles. The lowest BCUT2D eigenvalue weighted by atomic mass is 9.42. The molecule has 0 aromatic heterocycles. The van der Waals surface area contributed by atoms with Crippen LogP contribution in [0.3, 0.4) is 0 Å². The summed E-state index contributed by atoms with van der Waals surface area (Å²) in [6.07, 6.45) is 1.43. The van der Waals surface area contributed by atoms with Crippen LogP contribution >= 0.6 is 0 Å². The SMILES string of the molecule is CC1(C)[C@@H]2C[C@@H]1[C@@H](O)c1c2ccc2c1[C@H](O)[C@@H]1C[C@@H]2C1(C)C. The molecular formula is C20H26O2. The minimum atomic E-state index is -0.389. The molecule has 0 heterocycles. The van der Waals surface area contributed by atoms with Crippen LogP contribution in [0.5, 0.6) is 0 Å². The molecule has 0 aliphatic heterocycles. The molecule has 0 saturated heterocycles. The Kier molecular flexibility index (Phi) is 2.23. The summed E-state index contributed by atoms with van der Waals surface area (Å²) < 4.78 is 0. The smallest absolute Gasteiger partial charge is 0.0830 e. The maximum Gasteiger partial charge on any atom is 0.0830 e. The molecule has 1 aromatic rings. The summed E-state index contributed by atoms with van der Waals surface area (Å²) in [5, 5.41) is 22.0. The maximum atomic E-state index is 11.0. The molecular weight excluding hydrogens is 272 g/mol. The van der Waals surface area contributed by atoms with E-state index in [0.717, 1.165) is 24.0 Å². The summed E-state index contributed by atoms with van der Waals surface area (Å²) in [5.74, 6) is 1.82. The van der Waals surface area contributed by atoms with Crippen molar-refractivity contribution in [3.63, 3.8) is 0 Å². The average Bonchev–Trinajstić information content (AvgIpc) is 2.45. The lowest BCUT2D eigenvalue weighted by molar-refractivity contribution is -0.0977. The minimum Gasteiger partial charge on any atom is -0.388 e. The predicted octanol–water partition coefficient (Wildman–Crippen LogP) is 4.04. The molecule has 6 aliphatic carbocycles. The largest absolute Gasteiger partial charge is 0.388 e. The minimum absolute atomic E-state index is 0.197. The second-order valence-corrected chi connectivity index (χ2v) is 9.39. The van der Waals surface area contributed by atoms with Crippen LogP contribution in [0.4, 0.5) is 0 Å². The van der Waals surface area contributed by atoms with Crippen molar-refractivity contribution in [1.82, 2.24) is 0 Å². The van der Waals surface area contributed by atoms with Crippen molar-refractivity contribution in [2.75, 3.05) is 0 Å². The van der Waals surface area contributed by atoms with Gasteiger partial charge >= 0.3 is 0 Å². The topological polar surface area (TPSA) is 40.5 Å². The highest BCUT2D eigenvalue weighted by molar-refractivity contribution is 5.55. The highest BCUT2D eigenvalue weighted by Crippen LogP contribution is 2.71. The first-order valence-electron chi connectivity index (χ1n) is 8.79. The van der Waals surface area contributed by atoms with E-state index < -0.39 is 0 Å². The fourth-order valence-electron chi connectivity index (χ4n) is 6.39. The van der Waals surface area contributed by atoms with Crippen LogP contribution in [0.25, 0.3) is 0 Å². The summed E-state index contributed by atoms with van der Waals surface area (Å²) in [5.41, 5.74) is 5.24. The molecule has 22 heavy (non-hydrogen) atoms. The Morgan fingerprint density at radius 3 is 1.45 bits per heavy atom. The fraction of sp³-hybridized carbons (Fsp3) is 0.700. The predicted molar refractivity (Wildman–Crippen MR) is 85.6 cm³/mol. The van der Waals surface area contributed by atoms with E-state index in [0.29, 0.717) is 23.7 Å². The Morgan fingerprint density at radius 2 is 1.14 bits per heavy atom. The zero-order valence-corrected chi connectivity index (χ0v) is 13.9. The first-order valence-corrected chi connectivity index (χ1v) is 8.79. The van der Waals surface area contributed by atoms with Gasteiger partial charge in [-0.3, -0.25) is 0 Å². The highest BCUT2D eigenvalue weighted by Gasteiger charge is 2.61. The zero-order valence-electron chi connectivity index (χ0n) is 13.9. The van der Waals surface area contributed by atoms with Crippen molar-refractivity contribution in [1.29, 1.82) is 0 Å². The lowest BCUT2D eigenvalue weighted by Crippen LogP contribution is -2.54. The van der Waals surface area contributed by atoms with E-state index in [1.807, 2.05) is 0 Å². The first kappa shape index (κ1) is 13.6. The standard InChI is InChI=1S/C20H26O2/c1-19(2)11-7-13(19)17(21)15-9(11)5-6-10-12-8-14(20(12,3)4)18(22)16(10)15/h5-6,11-14,17-18,21-22H,7-8H2,1-4H3/t11-,12+,13-,14+,17-,18-/m1/s1. The van der Waals surface area contributed by atoms with Gasteiger partial charge in [-0.05, 0) is 69.6 Å². The Labute approximate surface area is 132 Å². The van der Waals surface area contributed by atoms with Gasteiger partial charge in [0.15, 0.2) is 0 Å². The van der Waals surface area contributed by atoms with Gasteiger partial charge in [-0.2, -0.15) is 0 Å². The maximum absolute atomic E-state index is 11.0. The van der Waals surface area contributed by atoms with Crippen LogP contribution in [-0.4, -0.2) is 10.2 Å². The molecule has 0 spiro atoms. The molecule has 2 fully saturated rings. The Morgan fingerprint density at radius 1 is 0.773 bits per heavy atom. The summed E-state index contributed by atoms with van der Waals surface area (Å²) in [4.78, 5) is 0. The van der Waals surface area contributed by atoms with Gasteiger partial charge in [0.25, 0.3) is 0 Å². The van der Waals surface area contributed by atoms with Crippen LogP contribution in [-0.2, 0) is 0 Å². The van der Waals surface area contributed by atoms with E-state index in [1.54, 1.807) is 0 Å². The third kappa shape index (κ3) is 1.21. The molecule has 0 amide bonds. The van der Waals surface area contributed by atoms with E-state index in [1.165, 1.54) is 11.1 Å². The molecule has 2 saturated carbocycles. The van der Waals surface area contributed by atoms with Crippen molar-refractivity contribution in [3.8, 4) is 0 Å². The molecule has 2 heteroatoms. The second kappa shape index (κ2) is 3.62. The molecule has 6 atom stereocenters. The van der Waals surface area contributed by atoms with Gasteiger partial charge in [0.2, 0.25) is 0 Å². The van der Waals surface area contributed by atoms with Crippen molar-refractivity contribution in [2.45, 2.75) is 64.6 Å². The second-order valence-electron chi connectivity index (χ2n) is 9.39. The summed E-state index contributed by atoms with van der Waals surface area (Å²) >= 11 is 0. The van der Waals surface area contributed by atoms with E-state index in [9.17, 15) is 10.2 Å². The van der Waals surface area contributed by atoms with E-state index in [-0.39, 0.29) is 23.0 Å². The fourth-order valence-corrected chi connectivity index (χ4v) is 6.39. The van der Waals surface area contributed by atoms with E-state index in [4.69, 9.17) is 0 Å². The normalized spacial score (nSPS) is 45.2. The summed E-state index contributed by atoms with van der Waals surface area (Å²) in [6, 6.07) is 4.53. The third-order valence-electron chi connectivity index (χ3n) is 8.15. The summed E-state index contributed by atoms with van der Waals surface area (Å²) in [6.45, 7) is 9.14. The monoisotopic (exact) mass is 298 g/mol. The third-order valence-corrected chi connectivity index (χ3v) is 8.15. The lowest BCUT2D eigenvalue weighted by Gasteiger charge is -2.63. The molecule has 2 N–H and O–H groups in total. The molecule has 6 aliphatic rings. The van der Waals surface area contributed by atoms with Crippen molar-refractivity contribution in [3.05, 3.63) is 34.4 Å². The van der Waals surface area contributed by atoms with E-state index in [2.05, 4.69) is 39.8 Å². The quantitative estimate of drug-likeness (QED) is 0.759. The molecule has 2 nitrogen and oxygen atoms in total. The van der Waals surface area contributed by atoms with Gasteiger partial charge in [0.1, 0.15) is 0 Å². The van der Waals surface area contributed by atoms with Gasteiger partial charge < -0.3 is 10.2 Å². The van der Waals surface area contributed by atoms with Crippen molar-refractivity contribution in [2.24, 2.45) is 22.7 Å². The number of aliphatic hydroxyl groups is 2. The van der Waals surface area contributed by atoms with Crippen molar-refractivity contribution >= 4 is 0 Å². The number of hydrogen-bond donors (Lipinski definition) is 2. The highest BCUT2D eigenvalue weighted by atomic mass is 16.3. The van der Waals surface area contributed by atoms with Gasteiger partial charge in [-0.25, -0.2) is 0 Å². The van der Waals surface area contributed by atoms with E-state index >= 15 is 0 Å². The molecule has 118 valence electrons. The summed E-state index contributed by atoms with van der Waals surface area (Å²) in [7, 11) is 0. The molecule has 4 bridgehead atoms. The molecule has 0 unspecified atom stereocenters. The van der Waals surface area contributed by atoms with Gasteiger partial charge in [-0.15, -0.1) is 0 Å². The number of hydrogen-bond acceptors (Lipinski definition) is 2. The average molecular weight is 298 g/mol. The Hall–Kier alpha value is -0.860. The van der Waals surface area contributed by atoms with Gasteiger partial charge in [-0.1, -0.05) is 39.8 Å². The van der Waals surface area contributed by atoms with Crippen LogP contribution < -0.4 is 0 Å². The number of benzene rings is 1. The van der Waals surface area contributed by atoms with Crippen LogP contribution in [0, 0.1) is 22.7 Å². The van der Waals surface area contributed by atoms with Crippen molar-refractivity contribution < 1.29 is 10.2 Å². The first-order chi connectivity index (χ1) is 10.3. The van der Waals surface area contributed by atoms with Crippen LogP contribution in [0.2, 0.25) is 0 Å². The van der Waals surface area contributed by atoms with Gasteiger partial charge in [0, 0.05) is 0 Å². The van der Waals surface area contributed by atoms with Crippen LogP contribution in [0.15, 0.2) is 12.1 Å². The van der Waals surface area contributed by atoms with Gasteiger partial charge in [0.05, 0.1) is 12.2 Å². The number of aliphatic hydroxyl groups excluding tert-OH is 2. The molecule has 0 radical (unpaired) electrons. The Balaban J connectivity index is 1.74. The Bertz CT molecular complexity index is 628. The molecule has 7 rings (SSSR count).